The van der Waals surface area contributed by atoms with E-state index in [9.17, 15) is 9.59 Å². The summed E-state index contributed by atoms with van der Waals surface area (Å²) in [6.07, 6.45) is 2.42. The Bertz CT molecular complexity index is 921. The number of rotatable bonds is 6. The predicted molar refractivity (Wildman–Crippen MR) is 85.2 cm³/mol. The molecule has 0 unspecified atom stereocenters. The van der Waals surface area contributed by atoms with E-state index in [2.05, 4.69) is 0 Å². The number of furan rings is 1. The first kappa shape index (κ1) is 15.7. The first-order valence-electron chi connectivity index (χ1n) is 7.09. The Morgan fingerprint density at radius 2 is 2.08 bits per heavy atom. The maximum absolute atomic E-state index is 11.4. The summed E-state index contributed by atoms with van der Waals surface area (Å²) in [6, 6.07) is 6.47. The van der Waals surface area contributed by atoms with Crippen LogP contribution in [-0.2, 0) is 6.54 Å². The number of benzene rings is 1. The summed E-state index contributed by atoms with van der Waals surface area (Å²) in [4.78, 5) is 22.3. The molecule has 2 heterocycles. The molecule has 7 nitrogen and oxygen atoms in total. The van der Waals surface area contributed by atoms with Crippen LogP contribution in [-0.4, -0.2) is 36.1 Å². The zero-order valence-electron chi connectivity index (χ0n) is 13.1. The number of hydrogen-bond donors (Lipinski definition) is 1. The molecule has 0 aliphatic heterocycles. The number of carboxylic acids is 1. The Kier molecular flexibility index (Phi) is 3.99. The van der Waals surface area contributed by atoms with E-state index in [0.717, 1.165) is 11.8 Å². The van der Waals surface area contributed by atoms with Crippen LogP contribution in [0.4, 0.5) is 0 Å². The van der Waals surface area contributed by atoms with Crippen molar-refractivity contribution < 1.29 is 28.6 Å². The Balaban J connectivity index is 2.12. The lowest BCUT2D eigenvalue weighted by Gasteiger charge is -2.08. The largest absolute Gasteiger partial charge is 0.497 e. The third-order valence-electron chi connectivity index (χ3n) is 3.73. The molecule has 0 bridgehead atoms. The van der Waals surface area contributed by atoms with E-state index in [4.69, 9.17) is 19.0 Å². The third-order valence-corrected chi connectivity index (χ3v) is 3.73. The van der Waals surface area contributed by atoms with E-state index < -0.39 is 5.97 Å². The summed E-state index contributed by atoms with van der Waals surface area (Å²) >= 11 is 0. The number of aldehydes is 1. The molecule has 0 spiro atoms. The van der Waals surface area contributed by atoms with Gasteiger partial charge in [-0.25, -0.2) is 4.79 Å². The molecule has 3 aromatic rings. The number of carboxylic acid groups (broad SMARTS) is 1. The molecule has 1 aromatic carbocycles. The van der Waals surface area contributed by atoms with Crippen molar-refractivity contribution in [1.82, 2.24) is 4.57 Å². The van der Waals surface area contributed by atoms with Crippen LogP contribution in [0.1, 0.15) is 26.7 Å². The van der Waals surface area contributed by atoms with Gasteiger partial charge in [0.25, 0.3) is 0 Å². The molecule has 0 saturated carbocycles. The number of aromatic nitrogens is 1. The van der Waals surface area contributed by atoms with Crippen molar-refractivity contribution in [2.24, 2.45) is 0 Å². The highest BCUT2D eigenvalue weighted by atomic mass is 16.5. The van der Waals surface area contributed by atoms with Crippen LogP contribution in [0.3, 0.4) is 0 Å². The Morgan fingerprint density at radius 3 is 2.67 bits per heavy atom. The molecule has 3 rings (SSSR count). The number of carbonyl (C=O) groups is 2. The van der Waals surface area contributed by atoms with Gasteiger partial charge in [0, 0.05) is 23.9 Å². The molecule has 124 valence electrons. The average molecular weight is 329 g/mol. The van der Waals surface area contributed by atoms with Gasteiger partial charge in [-0.1, -0.05) is 0 Å². The number of methoxy groups -OCH3 is 2. The monoisotopic (exact) mass is 329 g/mol. The Morgan fingerprint density at radius 1 is 1.29 bits per heavy atom. The Hall–Kier alpha value is -3.22. The van der Waals surface area contributed by atoms with E-state index in [1.165, 1.54) is 13.2 Å². The van der Waals surface area contributed by atoms with Crippen LogP contribution >= 0.6 is 0 Å². The Labute approximate surface area is 137 Å². The van der Waals surface area contributed by atoms with Crippen molar-refractivity contribution >= 4 is 23.2 Å². The molecule has 2 aromatic heterocycles. The van der Waals surface area contributed by atoms with Gasteiger partial charge < -0.3 is 23.6 Å². The quantitative estimate of drug-likeness (QED) is 0.699. The minimum absolute atomic E-state index is 0.132. The smallest absolute Gasteiger partial charge is 0.371 e. The number of nitrogens with zero attached hydrogens (tertiary/aromatic N) is 1. The summed E-state index contributed by atoms with van der Waals surface area (Å²) < 4.78 is 17.7. The highest BCUT2D eigenvalue weighted by Crippen LogP contribution is 2.34. The van der Waals surface area contributed by atoms with Crippen LogP contribution in [0.25, 0.3) is 10.9 Å². The van der Waals surface area contributed by atoms with Gasteiger partial charge in [-0.3, -0.25) is 4.79 Å². The molecule has 7 heteroatoms. The van der Waals surface area contributed by atoms with Gasteiger partial charge in [-0.15, -0.1) is 0 Å². The topological polar surface area (TPSA) is 90.9 Å². The van der Waals surface area contributed by atoms with Gasteiger partial charge in [0.1, 0.15) is 17.3 Å². The summed E-state index contributed by atoms with van der Waals surface area (Å²) in [5.74, 6) is 0.309. The van der Waals surface area contributed by atoms with Gasteiger partial charge in [0.15, 0.2) is 6.29 Å². The summed E-state index contributed by atoms with van der Waals surface area (Å²) in [6.45, 7) is 0.272. The first-order chi connectivity index (χ1) is 11.6. The van der Waals surface area contributed by atoms with E-state index >= 15 is 0 Å². The van der Waals surface area contributed by atoms with Crippen molar-refractivity contribution in [3.63, 3.8) is 0 Å². The van der Waals surface area contributed by atoms with Gasteiger partial charge in [0.05, 0.1) is 31.7 Å². The second kappa shape index (κ2) is 6.11. The van der Waals surface area contributed by atoms with Crippen molar-refractivity contribution in [3.8, 4) is 11.5 Å². The summed E-state index contributed by atoms with van der Waals surface area (Å²) in [7, 11) is 3.06. The van der Waals surface area contributed by atoms with Gasteiger partial charge >= 0.3 is 5.97 Å². The van der Waals surface area contributed by atoms with Crippen molar-refractivity contribution in [2.45, 2.75) is 6.54 Å². The van der Waals surface area contributed by atoms with Crippen LogP contribution in [0.2, 0.25) is 0 Å². The predicted octanol–water partition coefficient (Wildman–Crippen LogP) is 2.81. The van der Waals surface area contributed by atoms with E-state index in [-0.39, 0.29) is 12.3 Å². The molecule has 0 radical (unpaired) electrons. The third kappa shape index (κ3) is 2.60. The number of hydrogen-bond acceptors (Lipinski definition) is 5. The summed E-state index contributed by atoms with van der Waals surface area (Å²) in [5.41, 5.74) is 1.19. The SMILES string of the molecule is COc1cc(OC)c2c(C=O)cn(Cc3ccc(C(=O)O)o3)c2c1. The molecule has 24 heavy (non-hydrogen) atoms. The van der Waals surface area contributed by atoms with E-state index in [0.29, 0.717) is 28.2 Å². The summed E-state index contributed by atoms with van der Waals surface area (Å²) in [5, 5.41) is 9.60. The maximum atomic E-state index is 11.4. The van der Waals surface area contributed by atoms with E-state index in [1.54, 1.807) is 36.1 Å². The fraction of sp³-hybridized carbons (Fsp3) is 0.176. The van der Waals surface area contributed by atoms with Gasteiger partial charge in [-0.05, 0) is 12.1 Å². The first-order valence-corrected chi connectivity index (χ1v) is 7.09. The number of carbonyl (C=O) groups excluding carboxylic acids is 1. The van der Waals surface area contributed by atoms with Gasteiger partial charge in [-0.2, -0.15) is 0 Å². The highest BCUT2D eigenvalue weighted by molar-refractivity contribution is 6.02. The van der Waals surface area contributed by atoms with Crippen LogP contribution in [0.5, 0.6) is 11.5 Å². The minimum atomic E-state index is -1.13. The average Bonchev–Trinajstić information content (AvgIpc) is 3.19. The fourth-order valence-corrected chi connectivity index (χ4v) is 2.64. The molecule has 0 aliphatic carbocycles. The van der Waals surface area contributed by atoms with Gasteiger partial charge in [0.2, 0.25) is 5.76 Å². The zero-order valence-corrected chi connectivity index (χ0v) is 13.1. The van der Waals surface area contributed by atoms with E-state index in [1.807, 2.05) is 0 Å². The second-order valence-electron chi connectivity index (χ2n) is 5.13. The van der Waals surface area contributed by atoms with Crippen molar-refractivity contribution in [2.75, 3.05) is 14.2 Å². The maximum Gasteiger partial charge on any atom is 0.371 e. The molecular weight excluding hydrogens is 314 g/mol. The molecule has 0 fully saturated rings. The van der Waals surface area contributed by atoms with Crippen LogP contribution < -0.4 is 9.47 Å². The molecular formula is C17H15NO6. The molecule has 0 atom stereocenters. The zero-order chi connectivity index (χ0) is 17.3. The fourth-order valence-electron chi connectivity index (χ4n) is 2.64. The molecule has 0 saturated heterocycles. The number of ether oxygens (including phenoxy) is 2. The second-order valence-corrected chi connectivity index (χ2v) is 5.13. The number of fused-ring (bicyclic) bond motifs is 1. The lowest BCUT2D eigenvalue weighted by atomic mass is 10.1. The lowest BCUT2D eigenvalue weighted by molar-refractivity contribution is 0.0660. The molecule has 1 N–H and O–H groups in total. The minimum Gasteiger partial charge on any atom is -0.497 e. The lowest BCUT2D eigenvalue weighted by Crippen LogP contribution is -1.98. The van der Waals surface area contributed by atoms with Crippen LogP contribution in [0.15, 0.2) is 34.9 Å². The molecule has 0 amide bonds. The standard InChI is InChI=1S/C17H15NO6/c1-22-12-5-13-16(15(6-12)23-2)10(9-19)7-18(13)8-11-3-4-14(24-11)17(20)21/h3-7,9H,8H2,1-2H3,(H,20,21). The molecule has 0 aliphatic rings. The number of aromatic carboxylic acids is 1. The van der Waals surface area contributed by atoms with Crippen molar-refractivity contribution in [1.29, 1.82) is 0 Å². The normalized spacial score (nSPS) is 10.8. The van der Waals surface area contributed by atoms with Crippen molar-refractivity contribution in [3.05, 3.63) is 47.5 Å². The van der Waals surface area contributed by atoms with Crippen LogP contribution in [0, 0.1) is 0 Å². The highest BCUT2D eigenvalue weighted by Gasteiger charge is 2.17.